The molecule has 3 heterocycles. The molecule has 21 heavy (non-hydrogen) atoms. The van der Waals surface area contributed by atoms with Crippen LogP contribution in [0, 0.1) is 11.3 Å². The van der Waals surface area contributed by atoms with Gasteiger partial charge in [-0.2, -0.15) is 5.26 Å². The molecule has 0 aromatic carbocycles. The highest BCUT2D eigenvalue weighted by Crippen LogP contribution is 2.30. The molecule has 0 amide bonds. The number of piperazine rings is 1. The first-order valence-electron chi connectivity index (χ1n) is 7.63. The lowest BCUT2D eigenvalue weighted by Crippen LogP contribution is -2.45. The maximum absolute atomic E-state index is 9.38. The molecule has 2 N–H and O–H groups in total. The molecule has 0 radical (unpaired) electrons. The fraction of sp³-hybridized carbons (Fsp3) is 0.667. The van der Waals surface area contributed by atoms with E-state index >= 15 is 0 Å². The number of rotatable bonds is 3. The highest BCUT2D eigenvalue weighted by Gasteiger charge is 2.25. The van der Waals surface area contributed by atoms with E-state index in [1.54, 1.807) is 6.07 Å². The average Bonchev–Trinajstić information content (AvgIpc) is 3.09. The van der Waals surface area contributed by atoms with Crippen molar-refractivity contribution in [2.24, 2.45) is 0 Å². The van der Waals surface area contributed by atoms with Crippen LogP contribution in [0.4, 0.5) is 11.5 Å². The van der Waals surface area contributed by atoms with Gasteiger partial charge in [0, 0.05) is 32.8 Å². The number of likely N-dealkylation sites (N-methyl/N-ethyl adjacent to an activating group) is 1. The Bertz CT molecular complexity index is 533. The van der Waals surface area contributed by atoms with Crippen molar-refractivity contribution in [1.82, 2.24) is 9.47 Å². The number of hydrogen-bond donors (Lipinski definition) is 1. The minimum Gasteiger partial charge on any atom is -0.396 e. The van der Waals surface area contributed by atoms with E-state index < -0.39 is 0 Å². The zero-order valence-corrected chi connectivity index (χ0v) is 12.6. The highest BCUT2D eigenvalue weighted by molar-refractivity contribution is 5.68. The summed E-state index contributed by atoms with van der Waals surface area (Å²) < 4.78 is 7.78. The van der Waals surface area contributed by atoms with E-state index in [2.05, 4.69) is 27.5 Å². The van der Waals surface area contributed by atoms with Crippen molar-refractivity contribution in [3.05, 3.63) is 11.8 Å². The summed E-state index contributed by atoms with van der Waals surface area (Å²) in [7, 11) is 2.13. The summed E-state index contributed by atoms with van der Waals surface area (Å²) in [6.07, 6.45) is 2.37. The Kier molecular flexibility index (Phi) is 4.04. The number of anilines is 2. The molecule has 1 aromatic rings. The third kappa shape index (κ3) is 2.85. The minimum absolute atomic E-state index is 0.204. The van der Waals surface area contributed by atoms with E-state index in [1.165, 1.54) is 0 Å². The van der Waals surface area contributed by atoms with Gasteiger partial charge < -0.3 is 24.8 Å². The summed E-state index contributed by atoms with van der Waals surface area (Å²) >= 11 is 0. The highest BCUT2D eigenvalue weighted by atomic mass is 16.5. The molecule has 0 saturated carbocycles. The van der Waals surface area contributed by atoms with E-state index in [0.29, 0.717) is 11.4 Å². The van der Waals surface area contributed by atoms with Gasteiger partial charge in [0.1, 0.15) is 17.6 Å². The topological polar surface area (TPSA) is 70.5 Å². The molecule has 3 rings (SSSR count). The number of nitrogens with zero attached hydrogens (tertiary/aromatic N) is 4. The van der Waals surface area contributed by atoms with Gasteiger partial charge in [-0.15, -0.1) is 0 Å². The van der Waals surface area contributed by atoms with Crippen molar-refractivity contribution in [2.45, 2.75) is 25.5 Å². The molecular weight excluding hydrogens is 266 g/mol. The smallest absolute Gasteiger partial charge is 0.133 e. The molecule has 2 aliphatic heterocycles. The van der Waals surface area contributed by atoms with Crippen LogP contribution in [0.25, 0.3) is 0 Å². The molecule has 2 aliphatic rings. The van der Waals surface area contributed by atoms with Gasteiger partial charge in [-0.05, 0) is 26.0 Å². The summed E-state index contributed by atoms with van der Waals surface area (Å²) in [5.74, 6) is 0.996. The molecule has 0 aliphatic carbocycles. The van der Waals surface area contributed by atoms with Gasteiger partial charge in [-0.25, -0.2) is 0 Å². The van der Waals surface area contributed by atoms with Gasteiger partial charge >= 0.3 is 0 Å². The minimum atomic E-state index is 0.204. The summed E-state index contributed by atoms with van der Waals surface area (Å²) in [6, 6.07) is 4.06. The molecule has 0 unspecified atom stereocenters. The third-order valence-corrected chi connectivity index (χ3v) is 4.42. The van der Waals surface area contributed by atoms with Gasteiger partial charge in [-0.3, -0.25) is 0 Å². The number of nitriles is 1. The maximum Gasteiger partial charge on any atom is 0.133 e. The fourth-order valence-electron chi connectivity index (χ4n) is 3.20. The van der Waals surface area contributed by atoms with Crippen molar-refractivity contribution in [3.63, 3.8) is 0 Å². The van der Waals surface area contributed by atoms with Crippen LogP contribution >= 0.6 is 0 Å². The van der Waals surface area contributed by atoms with Gasteiger partial charge in [0.2, 0.25) is 0 Å². The summed E-state index contributed by atoms with van der Waals surface area (Å²) in [5, 5.41) is 9.38. The molecule has 6 heteroatoms. The SMILES string of the molecule is CN1CCN(c2c(N)cc(C#N)n2C[C@H]2CCCO2)CC1. The quantitative estimate of drug-likeness (QED) is 0.894. The van der Waals surface area contributed by atoms with Crippen LogP contribution in [0.2, 0.25) is 0 Å². The standard InChI is InChI=1S/C15H23N5O/c1-18-4-6-19(7-5-18)15-14(17)9-12(10-16)20(15)11-13-3-2-8-21-13/h9,13H,2-8,11,17H2,1H3/t13-/m1/s1. The van der Waals surface area contributed by atoms with Crippen LogP contribution in [0.3, 0.4) is 0 Å². The zero-order valence-electron chi connectivity index (χ0n) is 12.6. The maximum atomic E-state index is 9.38. The third-order valence-electron chi connectivity index (χ3n) is 4.42. The van der Waals surface area contributed by atoms with Gasteiger partial charge in [-0.1, -0.05) is 0 Å². The lowest BCUT2D eigenvalue weighted by atomic mass is 10.2. The zero-order chi connectivity index (χ0) is 14.8. The number of nitrogen functional groups attached to an aromatic ring is 1. The second-order valence-corrected chi connectivity index (χ2v) is 5.96. The molecule has 1 aromatic heterocycles. The predicted molar refractivity (Wildman–Crippen MR) is 82.2 cm³/mol. The Morgan fingerprint density at radius 1 is 1.38 bits per heavy atom. The summed E-state index contributed by atoms with van der Waals surface area (Å²) in [4.78, 5) is 4.61. The molecule has 2 fully saturated rings. The van der Waals surface area contributed by atoms with E-state index in [4.69, 9.17) is 10.5 Å². The van der Waals surface area contributed by atoms with Crippen LogP contribution in [-0.4, -0.2) is 55.4 Å². The van der Waals surface area contributed by atoms with Crippen molar-refractivity contribution < 1.29 is 4.74 Å². The van der Waals surface area contributed by atoms with E-state index in [0.717, 1.165) is 58.0 Å². The Morgan fingerprint density at radius 2 is 2.14 bits per heavy atom. The van der Waals surface area contributed by atoms with Crippen LogP contribution in [-0.2, 0) is 11.3 Å². The first kappa shape index (κ1) is 14.2. The van der Waals surface area contributed by atoms with Crippen LogP contribution in [0.5, 0.6) is 0 Å². The first-order chi connectivity index (χ1) is 10.2. The molecule has 0 bridgehead atoms. The molecular formula is C15H23N5O. The molecule has 1 atom stereocenters. The lowest BCUT2D eigenvalue weighted by Gasteiger charge is -2.35. The van der Waals surface area contributed by atoms with Gasteiger partial charge in [0.05, 0.1) is 18.3 Å². The summed E-state index contributed by atoms with van der Waals surface area (Å²) in [6.45, 7) is 5.48. The Balaban J connectivity index is 1.87. The molecule has 114 valence electrons. The van der Waals surface area contributed by atoms with Crippen LogP contribution in [0.1, 0.15) is 18.5 Å². The Hall–Kier alpha value is -1.71. The monoisotopic (exact) mass is 289 g/mol. The van der Waals surface area contributed by atoms with Crippen molar-refractivity contribution in [2.75, 3.05) is 50.5 Å². The lowest BCUT2D eigenvalue weighted by molar-refractivity contribution is 0.0971. The number of aromatic nitrogens is 1. The predicted octanol–water partition coefficient (Wildman–Crippen LogP) is 0.873. The average molecular weight is 289 g/mol. The molecule has 6 nitrogen and oxygen atoms in total. The van der Waals surface area contributed by atoms with E-state index in [9.17, 15) is 5.26 Å². The van der Waals surface area contributed by atoms with E-state index in [-0.39, 0.29) is 6.10 Å². The summed E-state index contributed by atoms with van der Waals surface area (Å²) in [5.41, 5.74) is 7.53. The van der Waals surface area contributed by atoms with Crippen LogP contribution in [0.15, 0.2) is 6.07 Å². The van der Waals surface area contributed by atoms with Crippen LogP contribution < -0.4 is 10.6 Å². The van der Waals surface area contributed by atoms with Crippen molar-refractivity contribution in [1.29, 1.82) is 5.26 Å². The van der Waals surface area contributed by atoms with E-state index in [1.807, 2.05) is 0 Å². The Labute approximate surface area is 125 Å². The number of nitrogens with two attached hydrogens (primary N) is 1. The normalized spacial score (nSPS) is 23.4. The largest absolute Gasteiger partial charge is 0.396 e. The van der Waals surface area contributed by atoms with Crippen molar-refractivity contribution in [3.8, 4) is 6.07 Å². The second-order valence-electron chi connectivity index (χ2n) is 5.96. The molecule has 0 spiro atoms. The molecule has 2 saturated heterocycles. The van der Waals surface area contributed by atoms with Gasteiger partial charge in [0.25, 0.3) is 0 Å². The van der Waals surface area contributed by atoms with Crippen molar-refractivity contribution >= 4 is 11.5 Å². The fourth-order valence-corrected chi connectivity index (χ4v) is 3.20. The number of hydrogen-bond acceptors (Lipinski definition) is 5. The first-order valence-corrected chi connectivity index (χ1v) is 7.63. The second kappa shape index (κ2) is 5.96. The Morgan fingerprint density at radius 3 is 2.76 bits per heavy atom. The van der Waals surface area contributed by atoms with Gasteiger partial charge in [0.15, 0.2) is 0 Å². The number of ether oxygens (including phenoxy) is 1.